The van der Waals surface area contributed by atoms with Gasteiger partial charge in [0.2, 0.25) is 0 Å². The number of hydrogen-bond acceptors (Lipinski definition) is 2. The maximum absolute atomic E-state index is 5.66. The smallest absolute Gasteiger partial charge is 0.00186 e. The summed E-state index contributed by atoms with van der Waals surface area (Å²) in [5.74, 6) is 0.889. The first-order chi connectivity index (χ1) is 7.86. The van der Waals surface area contributed by atoms with Gasteiger partial charge in [0.15, 0.2) is 0 Å². The van der Waals surface area contributed by atoms with Crippen molar-refractivity contribution in [1.29, 1.82) is 0 Å². The van der Waals surface area contributed by atoms with Crippen LogP contribution in [0.15, 0.2) is 0 Å². The first-order valence-corrected chi connectivity index (χ1v) is 7.29. The SMILES string of the molecule is CCCC(CCN)CCCN1CCCCC1. The predicted octanol–water partition coefficient (Wildman–Crippen LogP) is 3.02. The minimum atomic E-state index is 0.869. The lowest BCUT2D eigenvalue weighted by molar-refractivity contribution is 0.218. The maximum Gasteiger partial charge on any atom is -0.00186 e. The molecule has 1 aliphatic heterocycles. The monoisotopic (exact) mass is 226 g/mol. The molecule has 0 aromatic heterocycles. The van der Waals surface area contributed by atoms with Crippen LogP contribution in [0.1, 0.15) is 58.3 Å². The van der Waals surface area contributed by atoms with E-state index in [1.165, 1.54) is 71.0 Å². The van der Waals surface area contributed by atoms with Crippen LogP contribution in [-0.2, 0) is 0 Å². The Kier molecular flexibility index (Phi) is 7.87. The van der Waals surface area contributed by atoms with Gasteiger partial charge in [-0.1, -0.05) is 26.2 Å². The van der Waals surface area contributed by atoms with Crippen molar-refractivity contribution < 1.29 is 0 Å². The van der Waals surface area contributed by atoms with Gasteiger partial charge in [-0.2, -0.15) is 0 Å². The highest BCUT2D eigenvalue weighted by atomic mass is 15.1. The largest absolute Gasteiger partial charge is 0.330 e. The highest BCUT2D eigenvalue weighted by molar-refractivity contribution is 4.66. The Balaban J connectivity index is 2.06. The van der Waals surface area contributed by atoms with E-state index in [0.29, 0.717) is 0 Å². The Morgan fingerprint density at radius 3 is 2.44 bits per heavy atom. The van der Waals surface area contributed by atoms with Crippen LogP contribution in [0.3, 0.4) is 0 Å². The molecule has 0 saturated carbocycles. The molecule has 2 heteroatoms. The fraction of sp³-hybridized carbons (Fsp3) is 1.00. The third-order valence-corrected chi connectivity index (χ3v) is 3.81. The number of nitrogens with zero attached hydrogens (tertiary/aromatic N) is 1. The van der Waals surface area contributed by atoms with Crippen molar-refractivity contribution in [3.63, 3.8) is 0 Å². The topological polar surface area (TPSA) is 29.3 Å². The summed E-state index contributed by atoms with van der Waals surface area (Å²) in [7, 11) is 0. The van der Waals surface area contributed by atoms with E-state index >= 15 is 0 Å². The number of piperidine rings is 1. The molecule has 1 saturated heterocycles. The van der Waals surface area contributed by atoms with Crippen molar-refractivity contribution in [3.05, 3.63) is 0 Å². The summed E-state index contributed by atoms with van der Waals surface area (Å²) >= 11 is 0. The fourth-order valence-corrected chi connectivity index (χ4v) is 2.86. The molecule has 1 atom stereocenters. The number of likely N-dealkylation sites (tertiary alicyclic amines) is 1. The zero-order valence-electron chi connectivity index (χ0n) is 11.1. The van der Waals surface area contributed by atoms with Crippen LogP contribution >= 0.6 is 0 Å². The molecular formula is C14H30N2. The molecule has 0 aromatic rings. The number of nitrogens with two attached hydrogens (primary N) is 1. The highest BCUT2D eigenvalue weighted by Crippen LogP contribution is 2.18. The molecule has 1 unspecified atom stereocenters. The van der Waals surface area contributed by atoms with Crippen LogP contribution < -0.4 is 5.73 Å². The van der Waals surface area contributed by atoms with Gasteiger partial charge in [-0.25, -0.2) is 0 Å². The average Bonchev–Trinajstić information content (AvgIpc) is 2.31. The molecule has 0 spiro atoms. The zero-order chi connectivity index (χ0) is 11.6. The van der Waals surface area contributed by atoms with Crippen molar-refractivity contribution in [1.82, 2.24) is 4.90 Å². The normalized spacial score (nSPS) is 19.9. The molecule has 1 fully saturated rings. The molecule has 96 valence electrons. The molecule has 0 radical (unpaired) electrons. The Labute approximate surface area is 102 Å². The molecule has 0 amide bonds. The average molecular weight is 226 g/mol. The Morgan fingerprint density at radius 1 is 1.06 bits per heavy atom. The Hall–Kier alpha value is -0.0800. The first kappa shape index (κ1) is 14.0. The zero-order valence-corrected chi connectivity index (χ0v) is 11.1. The van der Waals surface area contributed by atoms with Crippen LogP contribution in [0.5, 0.6) is 0 Å². The van der Waals surface area contributed by atoms with E-state index in [1.54, 1.807) is 0 Å². The van der Waals surface area contributed by atoms with Crippen LogP contribution in [0.2, 0.25) is 0 Å². The molecule has 0 bridgehead atoms. The lowest BCUT2D eigenvalue weighted by atomic mass is 9.94. The lowest BCUT2D eigenvalue weighted by Crippen LogP contribution is -2.30. The second kappa shape index (κ2) is 9.00. The summed E-state index contributed by atoms with van der Waals surface area (Å²) in [6.07, 6.45) is 11.0. The summed E-state index contributed by atoms with van der Waals surface area (Å²) in [5.41, 5.74) is 5.66. The van der Waals surface area contributed by atoms with Gasteiger partial charge in [-0.15, -0.1) is 0 Å². The van der Waals surface area contributed by atoms with Crippen molar-refractivity contribution in [2.45, 2.75) is 58.3 Å². The molecule has 16 heavy (non-hydrogen) atoms. The summed E-state index contributed by atoms with van der Waals surface area (Å²) in [6.45, 7) is 7.16. The summed E-state index contributed by atoms with van der Waals surface area (Å²) < 4.78 is 0. The molecule has 2 N–H and O–H groups in total. The van der Waals surface area contributed by atoms with Crippen molar-refractivity contribution in [3.8, 4) is 0 Å². The maximum atomic E-state index is 5.66. The standard InChI is InChI=1S/C14H30N2/c1-2-7-14(9-10-15)8-6-13-16-11-4-3-5-12-16/h14H,2-13,15H2,1H3. The molecule has 1 rings (SSSR count). The van der Waals surface area contributed by atoms with Gasteiger partial charge in [-0.05, 0) is 64.2 Å². The van der Waals surface area contributed by atoms with Gasteiger partial charge >= 0.3 is 0 Å². The van der Waals surface area contributed by atoms with Gasteiger partial charge in [-0.3, -0.25) is 0 Å². The van der Waals surface area contributed by atoms with Crippen molar-refractivity contribution >= 4 is 0 Å². The quantitative estimate of drug-likeness (QED) is 0.689. The number of rotatable bonds is 8. The van der Waals surface area contributed by atoms with Crippen LogP contribution in [0.25, 0.3) is 0 Å². The van der Waals surface area contributed by atoms with E-state index < -0.39 is 0 Å². The minimum Gasteiger partial charge on any atom is -0.330 e. The Bertz CT molecular complexity index is 147. The van der Waals surface area contributed by atoms with Crippen molar-refractivity contribution in [2.75, 3.05) is 26.2 Å². The predicted molar refractivity (Wildman–Crippen MR) is 71.6 cm³/mol. The summed E-state index contributed by atoms with van der Waals surface area (Å²) in [4.78, 5) is 2.65. The molecule has 1 heterocycles. The van der Waals surface area contributed by atoms with Gasteiger partial charge in [0, 0.05) is 0 Å². The van der Waals surface area contributed by atoms with Crippen LogP contribution in [0, 0.1) is 5.92 Å². The van der Waals surface area contributed by atoms with Gasteiger partial charge in [0.05, 0.1) is 0 Å². The van der Waals surface area contributed by atoms with Crippen LogP contribution in [-0.4, -0.2) is 31.1 Å². The molecule has 1 aliphatic rings. The van der Waals surface area contributed by atoms with E-state index in [0.717, 1.165) is 12.5 Å². The summed E-state index contributed by atoms with van der Waals surface area (Å²) in [6, 6.07) is 0. The molecule has 2 nitrogen and oxygen atoms in total. The molecular weight excluding hydrogens is 196 g/mol. The number of hydrogen-bond donors (Lipinski definition) is 1. The minimum absolute atomic E-state index is 0.869. The van der Waals surface area contributed by atoms with E-state index in [2.05, 4.69) is 11.8 Å². The summed E-state index contributed by atoms with van der Waals surface area (Å²) in [5, 5.41) is 0. The van der Waals surface area contributed by atoms with E-state index in [1.807, 2.05) is 0 Å². The fourth-order valence-electron chi connectivity index (χ4n) is 2.86. The van der Waals surface area contributed by atoms with E-state index in [4.69, 9.17) is 5.73 Å². The third kappa shape index (κ3) is 5.86. The van der Waals surface area contributed by atoms with Crippen LogP contribution in [0.4, 0.5) is 0 Å². The molecule has 0 aliphatic carbocycles. The van der Waals surface area contributed by atoms with Gasteiger partial charge in [0.25, 0.3) is 0 Å². The van der Waals surface area contributed by atoms with Gasteiger partial charge in [0.1, 0.15) is 0 Å². The molecule has 0 aromatic carbocycles. The van der Waals surface area contributed by atoms with Crippen molar-refractivity contribution in [2.24, 2.45) is 11.7 Å². The second-order valence-electron chi connectivity index (χ2n) is 5.28. The Morgan fingerprint density at radius 2 is 1.81 bits per heavy atom. The second-order valence-corrected chi connectivity index (χ2v) is 5.28. The third-order valence-electron chi connectivity index (χ3n) is 3.81. The lowest BCUT2D eigenvalue weighted by Gasteiger charge is -2.27. The highest BCUT2D eigenvalue weighted by Gasteiger charge is 2.11. The van der Waals surface area contributed by atoms with E-state index in [9.17, 15) is 0 Å². The van der Waals surface area contributed by atoms with Gasteiger partial charge < -0.3 is 10.6 Å². The van der Waals surface area contributed by atoms with E-state index in [-0.39, 0.29) is 0 Å². The first-order valence-electron chi connectivity index (χ1n) is 7.29.